The second-order valence-electron chi connectivity index (χ2n) is 9.35. The second-order valence-corrected chi connectivity index (χ2v) is 9.35. The highest BCUT2D eigenvalue weighted by Crippen LogP contribution is 2.60. The zero-order chi connectivity index (χ0) is 19.6. The van der Waals surface area contributed by atoms with Gasteiger partial charge in [0.25, 0.3) is 0 Å². The summed E-state index contributed by atoms with van der Waals surface area (Å²) in [5.41, 5.74) is 10.9. The van der Waals surface area contributed by atoms with E-state index < -0.39 is 0 Å². The van der Waals surface area contributed by atoms with Gasteiger partial charge in [0.2, 0.25) is 0 Å². The van der Waals surface area contributed by atoms with E-state index in [1.165, 1.54) is 59.1 Å². The predicted octanol–water partition coefficient (Wildman–Crippen LogP) is 6.18. The summed E-state index contributed by atoms with van der Waals surface area (Å²) in [6.07, 6.45) is 7.70. The van der Waals surface area contributed by atoms with Crippen molar-refractivity contribution in [1.29, 1.82) is 0 Å². The molecule has 3 aromatic carbocycles. The van der Waals surface area contributed by atoms with Crippen LogP contribution < -0.4 is 5.46 Å². The molecule has 1 heteroatoms. The van der Waals surface area contributed by atoms with E-state index >= 15 is 0 Å². The third-order valence-corrected chi connectivity index (χ3v) is 7.56. The van der Waals surface area contributed by atoms with Gasteiger partial charge in [-0.3, -0.25) is 0 Å². The maximum Gasteiger partial charge on any atom is 0.113 e. The summed E-state index contributed by atoms with van der Waals surface area (Å²) in [6.45, 7) is 2.39. The summed E-state index contributed by atoms with van der Waals surface area (Å²) >= 11 is 0. The van der Waals surface area contributed by atoms with Gasteiger partial charge in [-0.25, -0.2) is 0 Å². The molecule has 0 heterocycles. The first-order chi connectivity index (χ1) is 14.1. The van der Waals surface area contributed by atoms with Gasteiger partial charge in [-0.15, -0.1) is 0 Å². The summed E-state index contributed by atoms with van der Waals surface area (Å²) < 4.78 is 0. The summed E-state index contributed by atoms with van der Waals surface area (Å²) in [5, 5.41) is 0. The predicted molar refractivity (Wildman–Crippen MR) is 123 cm³/mol. The van der Waals surface area contributed by atoms with Crippen LogP contribution in [-0.4, -0.2) is 7.85 Å². The van der Waals surface area contributed by atoms with Gasteiger partial charge in [-0.2, -0.15) is 0 Å². The topological polar surface area (TPSA) is 0 Å². The second kappa shape index (κ2) is 6.23. The summed E-state index contributed by atoms with van der Waals surface area (Å²) in [4.78, 5) is 0. The lowest BCUT2D eigenvalue weighted by Gasteiger charge is -2.45. The van der Waals surface area contributed by atoms with Crippen molar-refractivity contribution in [2.45, 2.75) is 38.0 Å². The molecular weight excluding hydrogens is 347 g/mol. The average molecular weight is 372 g/mol. The molecule has 0 nitrogen and oxygen atoms in total. The molecule has 3 aliphatic carbocycles. The van der Waals surface area contributed by atoms with Crippen molar-refractivity contribution >= 4 is 13.3 Å². The van der Waals surface area contributed by atoms with Crippen LogP contribution >= 0.6 is 0 Å². The van der Waals surface area contributed by atoms with Crippen LogP contribution in [0.1, 0.15) is 43.7 Å². The first-order valence-electron chi connectivity index (χ1n) is 11.0. The normalized spacial score (nSPS) is 26.7. The molecule has 0 amide bonds. The Labute approximate surface area is 175 Å². The van der Waals surface area contributed by atoms with Crippen molar-refractivity contribution in [2.24, 2.45) is 11.8 Å². The van der Waals surface area contributed by atoms with E-state index in [1.807, 2.05) is 0 Å². The lowest BCUT2D eigenvalue weighted by Crippen LogP contribution is -2.37. The van der Waals surface area contributed by atoms with E-state index in [4.69, 9.17) is 7.85 Å². The molecule has 3 atom stereocenters. The number of benzene rings is 3. The molecule has 140 valence electrons. The smallest absolute Gasteiger partial charge is 0.0963 e. The highest BCUT2D eigenvalue weighted by atomic mass is 14.5. The van der Waals surface area contributed by atoms with Gasteiger partial charge in [0, 0.05) is 5.41 Å². The molecule has 1 fully saturated rings. The maximum atomic E-state index is 6.31. The molecular formula is C28H25B. The molecule has 1 spiro atoms. The molecule has 0 aromatic heterocycles. The largest absolute Gasteiger partial charge is 0.113 e. The van der Waals surface area contributed by atoms with E-state index in [-0.39, 0.29) is 5.41 Å². The van der Waals surface area contributed by atoms with Crippen molar-refractivity contribution < 1.29 is 0 Å². The van der Waals surface area contributed by atoms with Gasteiger partial charge in [0.15, 0.2) is 0 Å². The SMILES string of the molecule is [B]c1ccc2c(c1)C1(CCC3CC1=CC(C)C3)c1cc(-c3ccccc3)ccc1-2. The van der Waals surface area contributed by atoms with Crippen LogP contribution in [0.5, 0.6) is 0 Å². The third-order valence-electron chi connectivity index (χ3n) is 7.56. The van der Waals surface area contributed by atoms with Crippen molar-refractivity contribution in [3.05, 3.63) is 89.5 Å². The summed E-state index contributed by atoms with van der Waals surface area (Å²) in [7, 11) is 6.31. The number of fused-ring (bicyclic) bond motifs is 8. The van der Waals surface area contributed by atoms with Crippen molar-refractivity contribution in [1.82, 2.24) is 0 Å². The Morgan fingerprint density at radius 1 is 0.862 bits per heavy atom. The molecule has 0 aliphatic heterocycles. The van der Waals surface area contributed by atoms with Crippen molar-refractivity contribution in [2.75, 3.05) is 0 Å². The van der Waals surface area contributed by atoms with E-state index in [2.05, 4.69) is 79.7 Å². The van der Waals surface area contributed by atoms with Crippen LogP contribution in [-0.2, 0) is 5.41 Å². The maximum absolute atomic E-state index is 6.31. The summed E-state index contributed by atoms with van der Waals surface area (Å²) in [5.74, 6) is 1.52. The highest BCUT2D eigenvalue weighted by Gasteiger charge is 2.49. The molecule has 1 saturated carbocycles. The van der Waals surface area contributed by atoms with Crippen LogP contribution in [0.2, 0.25) is 0 Å². The van der Waals surface area contributed by atoms with Gasteiger partial charge in [-0.05, 0) is 77.0 Å². The highest BCUT2D eigenvalue weighted by molar-refractivity contribution is 6.32. The van der Waals surface area contributed by atoms with Gasteiger partial charge >= 0.3 is 0 Å². The van der Waals surface area contributed by atoms with Crippen LogP contribution in [0.4, 0.5) is 0 Å². The molecule has 0 saturated heterocycles. The number of rotatable bonds is 1. The Kier molecular flexibility index (Phi) is 3.72. The zero-order valence-corrected chi connectivity index (χ0v) is 17.0. The minimum Gasteiger partial charge on any atom is -0.0963 e. The molecule has 6 rings (SSSR count). The lowest BCUT2D eigenvalue weighted by atomic mass is 9.58. The number of hydrogen-bond donors (Lipinski definition) is 0. The first-order valence-corrected chi connectivity index (χ1v) is 11.0. The monoisotopic (exact) mass is 372 g/mol. The van der Waals surface area contributed by atoms with E-state index in [0.717, 1.165) is 11.4 Å². The fourth-order valence-electron chi connectivity index (χ4n) is 6.37. The lowest BCUT2D eigenvalue weighted by molar-refractivity contribution is 0.284. The fourth-order valence-corrected chi connectivity index (χ4v) is 6.37. The van der Waals surface area contributed by atoms with Crippen LogP contribution in [0, 0.1) is 11.8 Å². The molecule has 3 unspecified atom stereocenters. The van der Waals surface area contributed by atoms with E-state index in [1.54, 1.807) is 5.57 Å². The van der Waals surface area contributed by atoms with E-state index in [9.17, 15) is 0 Å². The molecule has 3 aliphatic rings. The van der Waals surface area contributed by atoms with Crippen LogP contribution in [0.15, 0.2) is 78.4 Å². The molecule has 3 aromatic rings. The summed E-state index contributed by atoms with van der Waals surface area (Å²) in [6, 6.07) is 24.5. The third kappa shape index (κ3) is 2.46. The van der Waals surface area contributed by atoms with Gasteiger partial charge in [-0.1, -0.05) is 84.7 Å². The van der Waals surface area contributed by atoms with Gasteiger partial charge in [0.1, 0.15) is 7.85 Å². The molecule has 29 heavy (non-hydrogen) atoms. The fraction of sp³-hybridized carbons (Fsp3) is 0.286. The molecule has 2 radical (unpaired) electrons. The van der Waals surface area contributed by atoms with Crippen molar-refractivity contribution in [3.8, 4) is 22.3 Å². The first kappa shape index (κ1) is 17.3. The average Bonchev–Trinajstić information content (AvgIpc) is 3.01. The van der Waals surface area contributed by atoms with E-state index in [0.29, 0.717) is 5.92 Å². The Bertz CT molecular complexity index is 1140. The quantitative estimate of drug-likeness (QED) is 0.353. The zero-order valence-electron chi connectivity index (χ0n) is 17.0. The number of hydrogen-bond acceptors (Lipinski definition) is 0. The Hall–Kier alpha value is -2.54. The minimum absolute atomic E-state index is 0.00994. The number of allylic oxidation sites excluding steroid dienone is 2. The standard InChI is InChI=1S/C28H25B/c1-18-13-19-11-12-28(22(14-18)15-19)26-16-21(20-5-3-2-4-6-20)7-9-24(26)25-10-8-23(29)17-27(25)28/h2-10,14,16-19H,11-13,15H2,1H3. The van der Waals surface area contributed by atoms with Gasteiger partial charge < -0.3 is 0 Å². The Morgan fingerprint density at radius 3 is 2.45 bits per heavy atom. The van der Waals surface area contributed by atoms with Crippen molar-refractivity contribution in [3.63, 3.8) is 0 Å². The molecule has 2 bridgehead atoms. The van der Waals surface area contributed by atoms with Crippen LogP contribution in [0.25, 0.3) is 22.3 Å². The molecule has 0 N–H and O–H groups in total. The Morgan fingerprint density at radius 2 is 1.62 bits per heavy atom. The van der Waals surface area contributed by atoms with Crippen LogP contribution in [0.3, 0.4) is 0 Å². The Balaban J connectivity index is 1.64. The minimum atomic E-state index is 0.00994. The van der Waals surface area contributed by atoms with Gasteiger partial charge in [0.05, 0.1) is 0 Å².